The Morgan fingerprint density at radius 1 is 1.32 bits per heavy atom. The van der Waals surface area contributed by atoms with Crippen LogP contribution in [0.3, 0.4) is 0 Å². The van der Waals surface area contributed by atoms with Crippen LogP contribution >= 0.6 is 0 Å². The molecule has 0 saturated heterocycles. The van der Waals surface area contributed by atoms with Crippen molar-refractivity contribution >= 4 is 11.6 Å². The second-order valence-electron chi connectivity index (χ2n) is 4.22. The Hall–Kier alpha value is -1.59. The van der Waals surface area contributed by atoms with Crippen LogP contribution in [0.4, 0.5) is 5.69 Å². The second kappa shape index (κ2) is 8.50. The van der Waals surface area contributed by atoms with Crippen LogP contribution in [0.15, 0.2) is 18.2 Å². The van der Waals surface area contributed by atoms with Gasteiger partial charge in [0.2, 0.25) is 5.91 Å². The molecule has 1 aromatic carbocycles. The Labute approximate surface area is 114 Å². The smallest absolute Gasteiger partial charge is 0.225 e. The van der Waals surface area contributed by atoms with Gasteiger partial charge in [0.25, 0.3) is 0 Å². The van der Waals surface area contributed by atoms with Crippen molar-refractivity contribution in [2.24, 2.45) is 0 Å². The highest BCUT2D eigenvalue weighted by Gasteiger charge is 2.05. The van der Waals surface area contributed by atoms with Gasteiger partial charge in [-0.05, 0) is 37.7 Å². The summed E-state index contributed by atoms with van der Waals surface area (Å²) in [5.41, 5.74) is 1.80. The van der Waals surface area contributed by atoms with Crippen LogP contribution in [0.1, 0.15) is 12.0 Å². The maximum absolute atomic E-state index is 11.6. The van der Waals surface area contributed by atoms with Gasteiger partial charge in [0, 0.05) is 25.8 Å². The first-order chi connectivity index (χ1) is 9.17. The molecule has 0 heterocycles. The van der Waals surface area contributed by atoms with Crippen molar-refractivity contribution in [1.29, 1.82) is 0 Å². The topological polar surface area (TPSA) is 59.6 Å². The molecule has 5 nitrogen and oxygen atoms in total. The minimum absolute atomic E-state index is 0.00509. The van der Waals surface area contributed by atoms with E-state index in [4.69, 9.17) is 9.47 Å². The Balaban J connectivity index is 2.54. The summed E-state index contributed by atoms with van der Waals surface area (Å²) in [6.07, 6.45) is 0.460. The van der Waals surface area contributed by atoms with E-state index in [1.165, 1.54) is 0 Å². The average Bonchev–Trinajstić information content (AvgIpc) is 2.40. The summed E-state index contributed by atoms with van der Waals surface area (Å²) in [5, 5.41) is 5.82. The minimum Gasteiger partial charge on any atom is -0.491 e. The lowest BCUT2D eigenvalue weighted by Gasteiger charge is -2.11. The fourth-order valence-electron chi connectivity index (χ4n) is 1.56. The molecular formula is C14H22N2O3. The van der Waals surface area contributed by atoms with Gasteiger partial charge in [0.05, 0.1) is 6.61 Å². The minimum atomic E-state index is 0.00509. The highest BCUT2D eigenvalue weighted by Crippen LogP contribution is 2.21. The zero-order chi connectivity index (χ0) is 14.1. The summed E-state index contributed by atoms with van der Waals surface area (Å²) in [6, 6.07) is 5.61. The zero-order valence-electron chi connectivity index (χ0n) is 11.8. The standard InChI is InChI=1S/C14H22N2O3/c1-11-10-12(19-9-8-18-3)4-5-13(11)16-14(17)6-7-15-2/h4-5,10,15H,6-9H2,1-3H3,(H,16,17). The van der Waals surface area contributed by atoms with E-state index in [2.05, 4.69) is 10.6 Å². The van der Waals surface area contributed by atoms with Crippen LogP contribution in [-0.4, -0.2) is 39.8 Å². The molecule has 0 aliphatic carbocycles. The average molecular weight is 266 g/mol. The highest BCUT2D eigenvalue weighted by molar-refractivity contribution is 5.91. The third-order valence-electron chi connectivity index (χ3n) is 2.63. The molecule has 0 atom stereocenters. The Morgan fingerprint density at radius 3 is 2.74 bits per heavy atom. The van der Waals surface area contributed by atoms with Gasteiger partial charge in [-0.2, -0.15) is 0 Å². The molecule has 0 spiro atoms. The monoisotopic (exact) mass is 266 g/mol. The summed E-state index contributed by atoms with van der Waals surface area (Å²) in [7, 11) is 3.46. The summed E-state index contributed by atoms with van der Waals surface area (Å²) in [4.78, 5) is 11.6. The number of ether oxygens (including phenoxy) is 2. The number of methoxy groups -OCH3 is 1. The molecule has 5 heteroatoms. The first kappa shape index (κ1) is 15.5. The lowest BCUT2D eigenvalue weighted by Crippen LogP contribution is -2.19. The summed E-state index contributed by atoms with van der Waals surface area (Å²) >= 11 is 0. The molecule has 0 fully saturated rings. The van der Waals surface area contributed by atoms with Crippen LogP contribution in [0.2, 0.25) is 0 Å². The van der Waals surface area contributed by atoms with Gasteiger partial charge < -0.3 is 20.1 Å². The zero-order valence-corrected chi connectivity index (χ0v) is 11.8. The van der Waals surface area contributed by atoms with E-state index in [9.17, 15) is 4.79 Å². The molecule has 106 valence electrons. The van der Waals surface area contributed by atoms with Crippen LogP contribution in [0.5, 0.6) is 5.75 Å². The molecule has 2 N–H and O–H groups in total. The van der Waals surface area contributed by atoms with E-state index >= 15 is 0 Å². The van der Waals surface area contributed by atoms with E-state index in [0.29, 0.717) is 26.2 Å². The van der Waals surface area contributed by atoms with Crippen molar-refractivity contribution in [3.63, 3.8) is 0 Å². The van der Waals surface area contributed by atoms with E-state index in [0.717, 1.165) is 17.0 Å². The number of carbonyl (C=O) groups excluding carboxylic acids is 1. The Kier molecular flexibility index (Phi) is 6.92. The largest absolute Gasteiger partial charge is 0.491 e. The number of amides is 1. The third kappa shape index (κ3) is 5.72. The fraction of sp³-hybridized carbons (Fsp3) is 0.500. The van der Waals surface area contributed by atoms with Crippen molar-refractivity contribution in [3.8, 4) is 5.75 Å². The van der Waals surface area contributed by atoms with Gasteiger partial charge in [-0.1, -0.05) is 0 Å². The highest BCUT2D eigenvalue weighted by atomic mass is 16.5. The van der Waals surface area contributed by atoms with Gasteiger partial charge in [-0.15, -0.1) is 0 Å². The number of nitrogens with one attached hydrogen (secondary N) is 2. The van der Waals surface area contributed by atoms with Crippen LogP contribution in [0, 0.1) is 6.92 Å². The second-order valence-corrected chi connectivity index (χ2v) is 4.22. The van der Waals surface area contributed by atoms with Gasteiger partial charge >= 0.3 is 0 Å². The van der Waals surface area contributed by atoms with E-state index in [1.54, 1.807) is 7.11 Å². The van der Waals surface area contributed by atoms with Gasteiger partial charge in [-0.25, -0.2) is 0 Å². The molecule has 0 radical (unpaired) electrons. The van der Waals surface area contributed by atoms with Crippen LogP contribution < -0.4 is 15.4 Å². The molecule has 0 bridgehead atoms. The van der Waals surface area contributed by atoms with Crippen molar-refractivity contribution in [1.82, 2.24) is 5.32 Å². The number of hydrogen-bond acceptors (Lipinski definition) is 4. The quantitative estimate of drug-likeness (QED) is 0.701. The van der Waals surface area contributed by atoms with E-state index in [1.807, 2.05) is 32.2 Å². The van der Waals surface area contributed by atoms with Crippen molar-refractivity contribution in [2.45, 2.75) is 13.3 Å². The lowest BCUT2D eigenvalue weighted by molar-refractivity contribution is -0.116. The van der Waals surface area contributed by atoms with Crippen molar-refractivity contribution < 1.29 is 14.3 Å². The van der Waals surface area contributed by atoms with Gasteiger partial charge in [0.15, 0.2) is 0 Å². The lowest BCUT2D eigenvalue weighted by atomic mass is 10.2. The number of carbonyl (C=O) groups is 1. The number of aryl methyl sites for hydroxylation is 1. The Bertz CT molecular complexity index is 408. The predicted octanol–water partition coefficient (Wildman–Crippen LogP) is 1.57. The summed E-state index contributed by atoms with van der Waals surface area (Å²) < 4.78 is 10.4. The molecule has 0 unspecified atom stereocenters. The van der Waals surface area contributed by atoms with E-state index in [-0.39, 0.29) is 5.91 Å². The molecular weight excluding hydrogens is 244 g/mol. The van der Waals surface area contributed by atoms with Gasteiger partial charge in [-0.3, -0.25) is 4.79 Å². The first-order valence-corrected chi connectivity index (χ1v) is 6.34. The molecule has 1 rings (SSSR count). The Morgan fingerprint density at radius 2 is 2.11 bits per heavy atom. The molecule has 1 aromatic rings. The number of benzene rings is 1. The number of hydrogen-bond donors (Lipinski definition) is 2. The normalized spacial score (nSPS) is 10.3. The summed E-state index contributed by atoms with van der Waals surface area (Å²) in [6.45, 7) is 3.69. The van der Waals surface area contributed by atoms with Crippen molar-refractivity contribution in [2.75, 3.05) is 39.2 Å². The van der Waals surface area contributed by atoms with Crippen LogP contribution in [0.25, 0.3) is 0 Å². The fourth-order valence-corrected chi connectivity index (χ4v) is 1.56. The molecule has 0 saturated carbocycles. The van der Waals surface area contributed by atoms with E-state index < -0.39 is 0 Å². The SMILES string of the molecule is CNCCC(=O)Nc1ccc(OCCOC)cc1C. The molecule has 0 aliphatic rings. The summed E-state index contributed by atoms with van der Waals surface area (Å²) in [5.74, 6) is 0.785. The first-order valence-electron chi connectivity index (χ1n) is 6.34. The molecule has 1 amide bonds. The maximum Gasteiger partial charge on any atom is 0.225 e. The maximum atomic E-state index is 11.6. The molecule has 19 heavy (non-hydrogen) atoms. The third-order valence-corrected chi connectivity index (χ3v) is 2.63. The predicted molar refractivity (Wildman–Crippen MR) is 75.7 cm³/mol. The number of rotatable bonds is 8. The number of anilines is 1. The molecule has 0 aliphatic heterocycles. The van der Waals surface area contributed by atoms with Crippen molar-refractivity contribution in [3.05, 3.63) is 23.8 Å². The van der Waals surface area contributed by atoms with Crippen LogP contribution in [-0.2, 0) is 9.53 Å². The van der Waals surface area contributed by atoms with Gasteiger partial charge in [0.1, 0.15) is 12.4 Å². The molecule has 0 aromatic heterocycles.